The van der Waals surface area contributed by atoms with Crippen molar-refractivity contribution in [2.45, 2.75) is 19.4 Å². The van der Waals surface area contributed by atoms with Crippen molar-refractivity contribution in [3.05, 3.63) is 52.5 Å². The molecule has 1 aliphatic heterocycles. The third kappa shape index (κ3) is 3.08. The van der Waals surface area contributed by atoms with Crippen LogP contribution in [0.3, 0.4) is 0 Å². The number of nitrogens with one attached hydrogen (secondary N) is 1. The van der Waals surface area contributed by atoms with Crippen molar-refractivity contribution in [2.75, 3.05) is 19.0 Å². The van der Waals surface area contributed by atoms with E-state index in [0.29, 0.717) is 0 Å². The molecule has 1 aliphatic rings. The number of hydrogen-bond donors (Lipinski definition) is 1. The fourth-order valence-electron chi connectivity index (χ4n) is 2.62. The lowest BCUT2D eigenvalue weighted by Gasteiger charge is -2.14. The third-order valence-electron chi connectivity index (χ3n) is 3.69. The maximum absolute atomic E-state index is 6.01. The molecule has 0 spiro atoms. The van der Waals surface area contributed by atoms with Crippen LogP contribution in [-0.4, -0.2) is 19.8 Å². The van der Waals surface area contributed by atoms with E-state index in [1.54, 1.807) is 7.11 Å². The van der Waals surface area contributed by atoms with E-state index < -0.39 is 0 Å². The van der Waals surface area contributed by atoms with E-state index in [-0.39, 0.29) is 6.10 Å². The van der Waals surface area contributed by atoms with Gasteiger partial charge in [0.25, 0.3) is 0 Å². The van der Waals surface area contributed by atoms with Gasteiger partial charge >= 0.3 is 0 Å². The zero-order chi connectivity index (χ0) is 14.8. The fraction of sp³-hybridized carbons (Fsp3) is 0.294. The lowest BCUT2D eigenvalue weighted by Crippen LogP contribution is -2.23. The van der Waals surface area contributed by atoms with Gasteiger partial charge in [0.05, 0.1) is 13.7 Å². The molecule has 1 unspecified atom stereocenters. The molecular weight excluding hydrogens is 286 g/mol. The first kappa shape index (κ1) is 14.1. The standard InChI is InChI=1S/C17H18ClNO2/c1-11-7-14(4-6-16(11)20-2)19-10-15-9-12-8-13(18)3-5-17(12)21-15/h3-8,15,19H,9-10H2,1-2H3. The number of aryl methyl sites for hydroxylation is 1. The van der Waals surface area contributed by atoms with Gasteiger partial charge in [0, 0.05) is 17.1 Å². The van der Waals surface area contributed by atoms with Gasteiger partial charge in [0.1, 0.15) is 17.6 Å². The molecule has 2 aromatic carbocycles. The Morgan fingerprint density at radius 2 is 2.14 bits per heavy atom. The summed E-state index contributed by atoms with van der Waals surface area (Å²) < 4.78 is 11.2. The Morgan fingerprint density at radius 1 is 1.29 bits per heavy atom. The second-order valence-corrected chi connectivity index (χ2v) is 5.70. The highest BCUT2D eigenvalue weighted by atomic mass is 35.5. The Balaban J connectivity index is 1.61. The minimum Gasteiger partial charge on any atom is -0.496 e. The highest BCUT2D eigenvalue weighted by Gasteiger charge is 2.22. The molecule has 0 saturated heterocycles. The van der Waals surface area contributed by atoms with Gasteiger partial charge in [-0.05, 0) is 54.4 Å². The minimum absolute atomic E-state index is 0.140. The molecule has 3 nitrogen and oxygen atoms in total. The number of hydrogen-bond acceptors (Lipinski definition) is 3. The molecule has 110 valence electrons. The summed E-state index contributed by atoms with van der Waals surface area (Å²) in [5.41, 5.74) is 3.37. The van der Waals surface area contributed by atoms with E-state index in [1.807, 2.05) is 37.3 Å². The zero-order valence-corrected chi connectivity index (χ0v) is 12.9. The SMILES string of the molecule is COc1ccc(NCC2Cc3cc(Cl)ccc3O2)cc1C. The summed E-state index contributed by atoms with van der Waals surface area (Å²) >= 11 is 6.01. The molecule has 1 atom stereocenters. The molecule has 3 rings (SSSR count). The van der Waals surface area contributed by atoms with E-state index in [2.05, 4.69) is 11.4 Å². The predicted molar refractivity (Wildman–Crippen MR) is 85.8 cm³/mol. The second kappa shape index (κ2) is 5.86. The molecular formula is C17H18ClNO2. The maximum atomic E-state index is 6.01. The molecule has 0 radical (unpaired) electrons. The lowest BCUT2D eigenvalue weighted by molar-refractivity contribution is 0.246. The molecule has 0 amide bonds. The summed E-state index contributed by atoms with van der Waals surface area (Å²) in [5.74, 6) is 1.84. The van der Waals surface area contributed by atoms with Crippen LogP contribution in [0.2, 0.25) is 5.02 Å². The van der Waals surface area contributed by atoms with Gasteiger partial charge in [-0.15, -0.1) is 0 Å². The molecule has 0 fully saturated rings. The van der Waals surface area contributed by atoms with E-state index >= 15 is 0 Å². The van der Waals surface area contributed by atoms with Crippen LogP contribution in [0.15, 0.2) is 36.4 Å². The first-order chi connectivity index (χ1) is 10.2. The van der Waals surface area contributed by atoms with Crippen LogP contribution in [0.1, 0.15) is 11.1 Å². The molecule has 21 heavy (non-hydrogen) atoms. The van der Waals surface area contributed by atoms with Gasteiger partial charge < -0.3 is 14.8 Å². The van der Waals surface area contributed by atoms with Crippen molar-refractivity contribution in [3.8, 4) is 11.5 Å². The van der Waals surface area contributed by atoms with Crippen LogP contribution in [0.4, 0.5) is 5.69 Å². The Kier molecular flexibility index (Phi) is 3.93. The van der Waals surface area contributed by atoms with Gasteiger partial charge in [-0.25, -0.2) is 0 Å². The number of benzene rings is 2. The van der Waals surface area contributed by atoms with Crippen LogP contribution in [0.25, 0.3) is 0 Å². The molecule has 1 N–H and O–H groups in total. The molecule has 0 bridgehead atoms. The van der Waals surface area contributed by atoms with Crippen LogP contribution in [0.5, 0.6) is 11.5 Å². The van der Waals surface area contributed by atoms with Crippen LogP contribution in [0, 0.1) is 6.92 Å². The van der Waals surface area contributed by atoms with Gasteiger partial charge in [-0.1, -0.05) is 11.6 Å². The molecule has 4 heteroatoms. The number of rotatable bonds is 4. The average molecular weight is 304 g/mol. The fourth-order valence-corrected chi connectivity index (χ4v) is 2.82. The normalized spacial score (nSPS) is 16.2. The summed E-state index contributed by atoms with van der Waals surface area (Å²) in [6, 6.07) is 11.9. The summed E-state index contributed by atoms with van der Waals surface area (Å²) in [6.45, 7) is 2.80. The number of methoxy groups -OCH3 is 1. The van der Waals surface area contributed by atoms with Gasteiger partial charge in [0.2, 0.25) is 0 Å². The molecule has 1 heterocycles. The monoisotopic (exact) mass is 303 g/mol. The number of fused-ring (bicyclic) bond motifs is 1. The third-order valence-corrected chi connectivity index (χ3v) is 3.93. The van der Waals surface area contributed by atoms with Crippen molar-refractivity contribution in [1.82, 2.24) is 0 Å². The molecule has 0 saturated carbocycles. The lowest BCUT2D eigenvalue weighted by atomic mass is 10.1. The topological polar surface area (TPSA) is 30.5 Å². The highest BCUT2D eigenvalue weighted by molar-refractivity contribution is 6.30. The van der Waals surface area contributed by atoms with Crippen molar-refractivity contribution >= 4 is 17.3 Å². The van der Waals surface area contributed by atoms with Gasteiger partial charge in [-0.3, -0.25) is 0 Å². The quantitative estimate of drug-likeness (QED) is 0.923. The molecule has 0 aliphatic carbocycles. The van der Waals surface area contributed by atoms with Crippen LogP contribution < -0.4 is 14.8 Å². The van der Waals surface area contributed by atoms with Crippen LogP contribution in [-0.2, 0) is 6.42 Å². The summed E-state index contributed by atoms with van der Waals surface area (Å²) in [5, 5.41) is 4.18. The minimum atomic E-state index is 0.140. The first-order valence-corrected chi connectivity index (χ1v) is 7.37. The summed E-state index contributed by atoms with van der Waals surface area (Å²) in [6.07, 6.45) is 1.03. The largest absolute Gasteiger partial charge is 0.496 e. The van der Waals surface area contributed by atoms with Gasteiger partial charge in [0.15, 0.2) is 0 Å². The average Bonchev–Trinajstić information content (AvgIpc) is 2.87. The summed E-state index contributed by atoms with van der Waals surface area (Å²) in [7, 11) is 1.68. The highest BCUT2D eigenvalue weighted by Crippen LogP contribution is 2.31. The molecule has 0 aromatic heterocycles. The van der Waals surface area contributed by atoms with Crippen molar-refractivity contribution in [3.63, 3.8) is 0 Å². The first-order valence-electron chi connectivity index (χ1n) is 6.99. The van der Waals surface area contributed by atoms with E-state index in [4.69, 9.17) is 21.1 Å². The number of ether oxygens (including phenoxy) is 2. The second-order valence-electron chi connectivity index (χ2n) is 5.26. The van der Waals surface area contributed by atoms with E-state index in [9.17, 15) is 0 Å². The number of anilines is 1. The van der Waals surface area contributed by atoms with E-state index in [0.717, 1.165) is 40.7 Å². The predicted octanol–water partition coefficient (Wildman–Crippen LogP) is 4.07. The Labute approximate surface area is 129 Å². The smallest absolute Gasteiger partial charge is 0.123 e. The Bertz CT molecular complexity index is 657. The van der Waals surface area contributed by atoms with E-state index in [1.165, 1.54) is 5.56 Å². The van der Waals surface area contributed by atoms with Crippen molar-refractivity contribution in [1.29, 1.82) is 0 Å². The van der Waals surface area contributed by atoms with Crippen molar-refractivity contribution < 1.29 is 9.47 Å². The summed E-state index contributed by atoms with van der Waals surface area (Å²) in [4.78, 5) is 0. The van der Waals surface area contributed by atoms with Gasteiger partial charge in [-0.2, -0.15) is 0 Å². The van der Waals surface area contributed by atoms with Crippen LogP contribution >= 0.6 is 11.6 Å². The Morgan fingerprint density at radius 3 is 2.90 bits per heavy atom. The molecule has 2 aromatic rings. The zero-order valence-electron chi connectivity index (χ0n) is 12.2. The maximum Gasteiger partial charge on any atom is 0.123 e. The van der Waals surface area contributed by atoms with Crippen molar-refractivity contribution in [2.24, 2.45) is 0 Å². The Hall–Kier alpha value is -1.87. The number of halogens is 1.